The van der Waals surface area contributed by atoms with E-state index in [0.29, 0.717) is 18.8 Å². The Morgan fingerprint density at radius 2 is 1.62 bits per heavy atom. The Labute approximate surface area is 176 Å². The average molecular weight is 415 g/mol. The number of carbonyl (C=O) groups excluding carboxylic acids is 1. The first kappa shape index (κ1) is 25.8. The molecule has 0 heterocycles. The van der Waals surface area contributed by atoms with E-state index in [-0.39, 0.29) is 23.0 Å². The van der Waals surface area contributed by atoms with E-state index < -0.39 is 0 Å². The van der Waals surface area contributed by atoms with E-state index in [2.05, 4.69) is 29.4 Å². The van der Waals surface area contributed by atoms with Crippen LogP contribution >= 0.6 is 0 Å². The van der Waals surface area contributed by atoms with E-state index in [1.54, 1.807) is 0 Å². The topological polar surface area (TPSA) is 96.7 Å². The Hall–Kier alpha value is -1.25. The van der Waals surface area contributed by atoms with Crippen molar-refractivity contribution >= 4 is 5.97 Å². The van der Waals surface area contributed by atoms with Crippen molar-refractivity contribution in [3.8, 4) is 0 Å². The van der Waals surface area contributed by atoms with Crippen molar-refractivity contribution in [2.24, 2.45) is 5.92 Å². The SMILES string of the molecule is CCCNCCN(CCNCCC)C(CCC1CCC([N+](=O)[O-])CC1)C(=O)OC. The van der Waals surface area contributed by atoms with Gasteiger partial charge < -0.3 is 15.4 Å². The number of hydrogen-bond acceptors (Lipinski definition) is 7. The molecule has 29 heavy (non-hydrogen) atoms. The fraction of sp³-hybridized carbons (Fsp3) is 0.952. The van der Waals surface area contributed by atoms with Gasteiger partial charge in [0.05, 0.1) is 7.11 Å². The highest BCUT2D eigenvalue weighted by molar-refractivity contribution is 5.75. The molecule has 1 saturated carbocycles. The number of nitrogens with one attached hydrogen (secondary N) is 2. The molecule has 170 valence electrons. The highest BCUT2D eigenvalue weighted by Crippen LogP contribution is 2.30. The molecule has 0 spiro atoms. The maximum absolute atomic E-state index is 12.6. The molecule has 0 aromatic rings. The molecule has 0 saturated heterocycles. The Kier molecular flexibility index (Phi) is 13.8. The maximum atomic E-state index is 12.6. The van der Waals surface area contributed by atoms with Crippen LogP contribution in [0, 0.1) is 16.0 Å². The lowest BCUT2D eigenvalue weighted by Gasteiger charge is -2.32. The normalized spacial score (nSPS) is 20.6. The molecule has 1 aliphatic rings. The molecular formula is C21H42N4O4. The number of nitrogens with zero attached hydrogens (tertiary/aromatic N) is 2. The Morgan fingerprint density at radius 1 is 1.07 bits per heavy atom. The maximum Gasteiger partial charge on any atom is 0.323 e. The second-order valence-electron chi connectivity index (χ2n) is 8.11. The van der Waals surface area contributed by atoms with Gasteiger partial charge in [-0.15, -0.1) is 0 Å². The van der Waals surface area contributed by atoms with Crippen molar-refractivity contribution in [3.63, 3.8) is 0 Å². The number of nitro groups is 1. The Balaban J connectivity index is 2.61. The average Bonchev–Trinajstić information content (AvgIpc) is 2.73. The van der Waals surface area contributed by atoms with Gasteiger partial charge in [-0.1, -0.05) is 13.8 Å². The van der Waals surface area contributed by atoms with Crippen molar-refractivity contribution < 1.29 is 14.5 Å². The summed E-state index contributed by atoms with van der Waals surface area (Å²) in [6.07, 6.45) is 6.94. The van der Waals surface area contributed by atoms with Crippen molar-refractivity contribution in [1.29, 1.82) is 0 Å². The Bertz CT molecular complexity index is 444. The number of rotatable bonds is 16. The summed E-state index contributed by atoms with van der Waals surface area (Å²) < 4.78 is 5.13. The smallest absolute Gasteiger partial charge is 0.323 e. The van der Waals surface area contributed by atoms with E-state index in [1.807, 2.05) is 0 Å². The van der Waals surface area contributed by atoms with Crippen LogP contribution in [0.5, 0.6) is 0 Å². The summed E-state index contributed by atoms with van der Waals surface area (Å²) in [6.45, 7) is 9.55. The summed E-state index contributed by atoms with van der Waals surface area (Å²) in [5.41, 5.74) is 0. The highest BCUT2D eigenvalue weighted by Gasteiger charge is 2.31. The van der Waals surface area contributed by atoms with Gasteiger partial charge in [-0.05, 0) is 57.5 Å². The second kappa shape index (κ2) is 15.6. The minimum atomic E-state index is -0.381. The summed E-state index contributed by atoms with van der Waals surface area (Å²) in [7, 11) is 1.46. The van der Waals surface area contributed by atoms with Gasteiger partial charge in [-0.25, -0.2) is 0 Å². The number of carbonyl (C=O) groups is 1. The molecule has 1 unspecified atom stereocenters. The molecule has 0 radical (unpaired) electrons. The number of ether oxygens (including phenoxy) is 1. The standard InChI is InChI=1S/C21H42N4O4/c1-4-12-22-14-16-24(17-15-23-13-5-2)20(21(26)29-3)11-8-18-6-9-19(10-7-18)25(27)28/h18-20,22-23H,4-17H2,1-3H3. The summed E-state index contributed by atoms with van der Waals surface area (Å²) in [5.74, 6) is 0.298. The van der Waals surface area contributed by atoms with Crippen LogP contribution in [-0.4, -0.2) is 74.3 Å². The van der Waals surface area contributed by atoms with Gasteiger partial charge in [0.2, 0.25) is 6.04 Å². The Morgan fingerprint density at radius 3 is 2.07 bits per heavy atom. The predicted molar refractivity (Wildman–Crippen MR) is 116 cm³/mol. The van der Waals surface area contributed by atoms with Crippen molar-refractivity contribution in [2.75, 3.05) is 46.4 Å². The zero-order chi connectivity index (χ0) is 21.5. The fourth-order valence-electron chi connectivity index (χ4n) is 4.10. The van der Waals surface area contributed by atoms with Crippen molar-refractivity contribution in [3.05, 3.63) is 10.1 Å². The molecule has 0 amide bonds. The van der Waals surface area contributed by atoms with Gasteiger partial charge in [0, 0.05) is 43.9 Å². The molecule has 2 N–H and O–H groups in total. The van der Waals surface area contributed by atoms with Gasteiger partial charge in [-0.3, -0.25) is 19.8 Å². The molecule has 1 aliphatic carbocycles. The highest BCUT2D eigenvalue weighted by atomic mass is 16.6. The van der Waals surface area contributed by atoms with Crippen LogP contribution in [0.3, 0.4) is 0 Å². The van der Waals surface area contributed by atoms with Gasteiger partial charge in [0.1, 0.15) is 6.04 Å². The van der Waals surface area contributed by atoms with Crippen LogP contribution in [-0.2, 0) is 9.53 Å². The zero-order valence-electron chi connectivity index (χ0n) is 18.7. The number of methoxy groups -OCH3 is 1. The fourth-order valence-corrected chi connectivity index (χ4v) is 4.10. The lowest BCUT2D eigenvalue weighted by Crippen LogP contribution is -2.48. The van der Waals surface area contributed by atoms with Crippen molar-refractivity contribution in [1.82, 2.24) is 15.5 Å². The summed E-state index contributed by atoms with van der Waals surface area (Å²) in [6, 6.07) is -0.631. The third-order valence-corrected chi connectivity index (χ3v) is 5.88. The minimum Gasteiger partial charge on any atom is -0.468 e. The summed E-state index contributed by atoms with van der Waals surface area (Å²) >= 11 is 0. The molecular weight excluding hydrogens is 372 g/mol. The van der Waals surface area contributed by atoms with E-state index in [9.17, 15) is 14.9 Å². The number of hydrogen-bond donors (Lipinski definition) is 2. The summed E-state index contributed by atoms with van der Waals surface area (Å²) in [4.78, 5) is 25.6. The largest absolute Gasteiger partial charge is 0.468 e. The van der Waals surface area contributed by atoms with Crippen LogP contribution in [0.2, 0.25) is 0 Å². The first-order chi connectivity index (χ1) is 14.0. The zero-order valence-corrected chi connectivity index (χ0v) is 18.7. The first-order valence-corrected chi connectivity index (χ1v) is 11.4. The van der Waals surface area contributed by atoms with Crippen LogP contribution in [0.15, 0.2) is 0 Å². The second-order valence-corrected chi connectivity index (χ2v) is 8.11. The van der Waals surface area contributed by atoms with E-state index in [4.69, 9.17) is 4.74 Å². The minimum absolute atomic E-state index is 0.137. The quantitative estimate of drug-likeness (QED) is 0.173. The molecule has 0 bridgehead atoms. The number of esters is 1. The molecule has 1 atom stereocenters. The van der Waals surface area contributed by atoms with Gasteiger partial charge in [-0.2, -0.15) is 0 Å². The van der Waals surface area contributed by atoms with Gasteiger partial charge in [0.15, 0.2) is 0 Å². The molecule has 1 rings (SSSR count). The first-order valence-electron chi connectivity index (χ1n) is 11.4. The van der Waals surface area contributed by atoms with Gasteiger partial charge >= 0.3 is 5.97 Å². The van der Waals surface area contributed by atoms with Crippen LogP contribution < -0.4 is 10.6 Å². The molecule has 8 heteroatoms. The van der Waals surface area contributed by atoms with E-state index >= 15 is 0 Å². The van der Waals surface area contributed by atoms with Crippen LogP contribution in [0.1, 0.15) is 65.2 Å². The van der Waals surface area contributed by atoms with E-state index in [1.165, 1.54) is 7.11 Å². The third-order valence-electron chi connectivity index (χ3n) is 5.88. The van der Waals surface area contributed by atoms with E-state index in [0.717, 1.165) is 77.8 Å². The lowest BCUT2D eigenvalue weighted by molar-refractivity contribution is -0.527. The molecule has 0 aromatic carbocycles. The van der Waals surface area contributed by atoms with Gasteiger partial charge in [0.25, 0.3) is 0 Å². The van der Waals surface area contributed by atoms with Crippen molar-refractivity contribution in [2.45, 2.75) is 77.3 Å². The van der Waals surface area contributed by atoms with Crippen LogP contribution in [0.4, 0.5) is 0 Å². The molecule has 0 aliphatic heterocycles. The lowest BCUT2D eigenvalue weighted by atomic mass is 9.83. The predicted octanol–water partition coefficient (Wildman–Crippen LogP) is 2.44. The monoisotopic (exact) mass is 414 g/mol. The molecule has 1 fully saturated rings. The summed E-state index contributed by atoms with van der Waals surface area (Å²) in [5, 5.41) is 17.8. The van der Waals surface area contributed by atoms with Crippen LogP contribution in [0.25, 0.3) is 0 Å². The molecule has 0 aromatic heterocycles. The third kappa shape index (κ3) is 10.4. The molecule has 8 nitrogen and oxygen atoms in total.